The van der Waals surface area contributed by atoms with Crippen LogP contribution in [0, 0.1) is 5.82 Å². The van der Waals surface area contributed by atoms with Crippen molar-refractivity contribution in [3.63, 3.8) is 0 Å². The van der Waals surface area contributed by atoms with E-state index in [1.807, 2.05) is 6.92 Å². The minimum absolute atomic E-state index is 0.238. The lowest BCUT2D eigenvalue weighted by Crippen LogP contribution is -2.07. The maximum Gasteiger partial charge on any atom is 0.338 e. The summed E-state index contributed by atoms with van der Waals surface area (Å²) in [5.41, 5.74) is 5.84. The highest BCUT2D eigenvalue weighted by molar-refractivity contribution is 5.90. The highest BCUT2D eigenvalue weighted by Gasteiger charge is 2.13. The molecular formula is C10H13FN2O2. The van der Waals surface area contributed by atoms with E-state index in [9.17, 15) is 9.18 Å². The van der Waals surface area contributed by atoms with Gasteiger partial charge in [-0.2, -0.15) is 0 Å². The molecule has 1 aromatic carbocycles. The van der Waals surface area contributed by atoms with Crippen molar-refractivity contribution in [1.29, 1.82) is 0 Å². The largest absolute Gasteiger partial charge is 0.478 e. The fourth-order valence-electron chi connectivity index (χ4n) is 1.17. The van der Waals surface area contributed by atoms with Gasteiger partial charge in [0.25, 0.3) is 0 Å². The summed E-state index contributed by atoms with van der Waals surface area (Å²) >= 11 is 0. The molecule has 0 aliphatic heterocycles. The molecule has 0 aromatic heterocycles. The summed E-state index contributed by atoms with van der Waals surface area (Å²) in [4.78, 5) is 10.6. The summed E-state index contributed by atoms with van der Waals surface area (Å²) in [6.07, 6.45) is 0.877. The van der Waals surface area contributed by atoms with Crippen LogP contribution in [-0.2, 0) is 0 Å². The van der Waals surface area contributed by atoms with Gasteiger partial charge in [0.15, 0.2) is 0 Å². The first kappa shape index (κ1) is 11.3. The zero-order valence-corrected chi connectivity index (χ0v) is 8.38. The van der Waals surface area contributed by atoms with Crippen LogP contribution in [0.4, 0.5) is 15.8 Å². The van der Waals surface area contributed by atoms with E-state index in [0.29, 0.717) is 12.2 Å². The summed E-state index contributed by atoms with van der Waals surface area (Å²) in [7, 11) is 0. The average Bonchev–Trinajstić information content (AvgIpc) is 2.18. The van der Waals surface area contributed by atoms with Gasteiger partial charge in [-0.15, -0.1) is 0 Å². The van der Waals surface area contributed by atoms with Gasteiger partial charge in [0.2, 0.25) is 0 Å². The molecule has 0 saturated heterocycles. The second-order valence-electron chi connectivity index (χ2n) is 3.15. The quantitative estimate of drug-likeness (QED) is 0.666. The van der Waals surface area contributed by atoms with E-state index in [-0.39, 0.29) is 5.69 Å². The summed E-state index contributed by atoms with van der Waals surface area (Å²) in [6, 6.07) is 2.23. The molecule has 4 N–H and O–H groups in total. The first-order valence-corrected chi connectivity index (χ1v) is 4.62. The number of aromatic carboxylic acids is 1. The third-order valence-corrected chi connectivity index (χ3v) is 1.94. The number of rotatable bonds is 4. The molecule has 0 unspecified atom stereocenters. The van der Waals surface area contributed by atoms with Crippen molar-refractivity contribution in [2.24, 2.45) is 0 Å². The number of nitrogens with one attached hydrogen (secondary N) is 1. The molecule has 0 radical (unpaired) electrons. The number of hydrogen-bond donors (Lipinski definition) is 3. The lowest BCUT2D eigenvalue weighted by atomic mass is 10.1. The molecule has 82 valence electrons. The van der Waals surface area contributed by atoms with E-state index in [1.165, 1.54) is 0 Å². The Morgan fingerprint density at radius 2 is 2.27 bits per heavy atom. The van der Waals surface area contributed by atoms with Gasteiger partial charge in [0, 0.05) is 6.54 Å². The van der Waals surface area contributed by atoms with Crippen LogP contribution >= 0.6 is 0 Å². The number of carboxylic acid groups (broad SMARTS) is 1. The second-order valence-corrected chi connectivity index (χ2v) is 3.15. The second kappa shape index (κ2) is 4.63. The summed E-state index contributed by atoms with van der Waals surface area (Å²) in [6.45, 7) is 2.63. The van der Waals surface area contributed by atoms with Crippen LogP contribution in [-0.4, -0.2) is 17.6 Å². The Labute approximate surface area is 86.9 Å². The van der Waals surface area contributed by atoms with E-state index in [4.69, 9.17) is 10.8 Å². The zero-order chi connectivity index (χ0) is 11.4. The third-order valence-electron chi connectivity index (χ3n) is 1.94. The topological polar surface area (TPSA) is 75.3 Å². The first-order chi connectivity index (χ1) is 7.06. The van der Waals surface area contributed by atoms with Crippen LogP contribution in [0.2, 0.25) is 0 Å². The van der Waals surface area contributed by atoms with Crippen LogP contribution < -0.4 is 11.1 Å². The van der Waals surface area contributed by atoms with Crippen molar-refractivity contribution in [3.8, 4) is 0 Å². The predicted octanol–water partition coefficient (Wildman–Crippen LogP) is 1.93. The number of carboxylic acids is 1. The highest BCUT2D eigenvalue weighted by Crippen LogP contribution is 2.22. The Morgan fingerprint density at radius 1 is 1.60 bits per heavy atom. The van der Waals surface area contributed by atoms with Gasteiger partial charge in [0.05, 0.1) is 16.9 Å². The van der Waals surface area contributed by atoms with Crippen LogP contribution in [0.3, 0.4) is 0 Å². The summed E-state index contributed by atoms with van der Waals surface area (Å²) in [5.74, 6) is -2.10. The van der Waals surface area contributed by atoms with Crippen molar-refractivity contribution >= 4 is 17.3 Å². The Kier molecular flexibility index (Phi) is 3.49. The SMILES string of the molecule is CCCNc1cc(F)c(C(=O)O)cc1N. The molecule has 0 bridgehead atoms. The standard InChI is InChI=1S/C10H13FN2O2/c1-2-3-13-9-5-7(11)6(10(14)15)4-8(9)12/h4-5,13H,2-3,12H2,1H3,(H,14,15). The van der Waals surface area contributed by atoms with Crippen molar-refractivity contribution in [2.75, 3.05) is 17.6 Å². The van der Waals surface area contributed by atoms with Crippen molar-refractivity contribution in [2.45, 2.75) is 13.3 Å². The third kappa shape index (κ3) is 2.59. The maximum atomic E-state index is 13.2. The van der Waals surface area contributed by atoms with Gasteiger partial charge in [-0.05, 0) is 18.6 Å². The molecule has 0 aliphatic carbocycles. The molecule has 0 saturated carbocycles. The maximum absolute atomic E-state index is 13.2. The Bertz CT molecular complexity index is 380. The Hall–Kier alpha value is -1.78. The number of nitrogens with two attached hydrogens (primary N) is 1. The number of hydrogen-bond acceptors (Lipinski definition) is 3. The molecule has 0 spiro atoms. The van der Waals surface area contributed by atoms with Gasteiger partial charge in [-0.25, -0.2) is 9.18 Å². The number of nitrogen functional groups attached to an aromatic ring is 1. The minimum atomic E-state index is -1.32. The fraction of sp³-hybridized carbons (Fsp3) is 0.300. The average molecular weight is 212 g/mol. The highest BCUT2D eigenvalue weighted by atomic mass is 19.1. The monoisotopic (exact) mass is 212 g/mol. The number of halogens is 1. The van der Waals surface area contributed by atoms with Gasteiger partial charge in [-0.1, -0.05) is 6.92 Å². The normalized spacial score (nSPS) is 10.0. The van der Waals surface area contributed by atoms with Crippen LogP contribution in [0.1, 0.15) is 23.7 Å². The van der Waals surface area contributed by atoms with Crippen LogP contribution in [0.5, 0.6) is 0 Å². The fourth-order valence-corrected chi connectivity index (χ4v) is 1.17. The van der Waals surface area contributed by atoms with E-state index >= 15 is 0 Å². The lowest BCUT2D eigenvalue weighted by molar-refractivity contribution is 0.0692. The van der Waals surface area contributed by atoms with Gasteiger partial charge >= 0.3 is 5.97 Å². The minimum Gasteiger partial charge on any atom is -0.478 e. The number of benzene rings is 1. The first-order valence-electron chi connectivity index (χ1n) is 4.62. The predicted molar refractivity (Wildman–Crippen MR) is 56.6 cm³/mol. The van der Waals surface area contributed by atoms with E-state index in [1.54, 1.807) is 0 Å². The van der Waals surface area contributed by atoms with E-state index in [0.717, 1.165) is 18.6 Å². The summed E-state index contributed by atoms with van der Waals surface area (Å²) < 4.78 is 13.2. The van der Waals surface area contributed by atoms with Crippen LogP contribution in [0.15, 0.2) is 12.1 Å². The van der Waals surface area contributed by atoms with E-state index in [2.05, 4.69) is 5.32 Å². The number of anilines is 2. The number of carbonyl (C=O) groups is 1. The molecule has 0 heterocycles. The molecule has 1 rings (SSSR count). The molecule has 0 atom stereocenters. The zero-order valence-electron chi connectivity index (χ0n) is 8.38. The molecule has 15 heavy (non-hydrogen) atoms. The van der Waals surface area contributed by atoms with Crippen LogP contribution in [0.25, 0.3) is 0 Å². The van der Waals surface area contributed by atoms with Crippen molar-refractivity contribution in [1.82, 2.24) is 0 Å². The molecule has 5 heteroatoms. The Balaban J connectivity index is 3.02. The molecule has 4 nitrogen and oxygen atoms in total. The Morgan fingerprint density at radius 3 is 2.80 bits per heavy atom. The lowest BCUT2D eigenvalue weighted by Gasteiger charge is -2.09. The van der Waals surface area contributed by atoms with Gasteiger partial charge in [-0.3, -0.25) is 0 Å². The van der Waals surface area contributed by atoms with E-state index < -0.39 is 17.3 Å². The van der Waals surface area contributed by atoms with Gasteiger partial charge < -0.3 is 16.2 Å². The molecule has 0 amide bonds. The van der Waals surface area contributed by atoms with Gasteiger partial charge in [0.1, 0.15) is 5.82 Å². The molecule has 0 aliphatic rings. The van der Waals surface area contributed by atoms with Crippen molar-refractivity contribution in [3.05, 3.63) is 23.5 Å². The molecule has 1 aromatic rings. The smallest absolute Gasteiger partial charge is 0.338 e. The molecule has 0 fully saturated rings. The summed E-state index contributed by atoms with van der Waals surface area (Å²) in [5, 5.41) is 11.6. The van der Waals surface area contributed by atoms with Crippen molar-refractivity contribution < 1.29 is 14.3 Å². The molecular weight excluding hydrogens is 199 g/mol.